The van der Waals surface area contributed by atoms with Crippen molar-refractivity contribution in [3.8, 4) is 12.3 Å². The number of terminal acetylenes is 1. The third-order valence-electron chi connectivity index (χ3n) is 1.79. The van der Waals surface area contributed by atoms with Gasteiger partial charge in [0.2, 0.25) is 5.91 Å². The van der Waals surface area contributed by atoms with Gasteiger partial charge in [0.05, 0.1) is 7.11 Å². The Labute approximate surface area is 90.4 Å². The fraction of sp³-hybridized carbons (Fsp3) is 0.636. The lowest BCUT2D eigenvalue weighted by Gasteiger charge is -2.21. The molecule has 0 aromatic carbocycles. The molecule has 4 heteroatoms. The Morgan fingerprint density at radius 1 is 1.47 bits per heavy atom. The third-order valence-corrected chi connectivity index (χ3v) is 1.79. The van der Waals surface area contributed by atoms with E-state index < -0.39 is 17.4 Å². The van der Waals surface area contributed by atoms with Crippen molar-refractivity contribution < 1.29 is 14.3 Å². The molecule has 0 saturated heterocycles. The maximum absolute atomic E-state index is 11.6. The zero-order valence-electron chi connectivity index (χ0n) is 9.59. The summed E-state index contributed by atoms with van der Waals surface area (Å²) in [6, 6.07) is -0.758. The van der Waals surface area contributed by atoms with Crippen molar-refractivity contribution in [1.29, 1.82) is 0 Å². The minimum Gasteiger partial charge on any atom is -0.467 e. The number of ether oxygens (including phenoxy) is 1. The quantitative estimate of drug-likeness (QED) is 0.552. The molecule has 4 nitrogen and oxygen atoms in total. The van der Waals surface area contributed by atoms with Crippen LogP contribution in [-0.4, -0.2) is 25.0 Å². The smallest absolute Gasteiger partial charge is 0.329 e. The van der Waals surface area contributed by atoms with Gasteiger partial charge in [0, 0.05) is 11.8 Å². The maximum atomic E-state index is 11.6. The van der Waals surface area contributed by atoms with E-state index in [2.05, 4.69) is 16.0 Å². The van der Waals surface area contributed by atoms with Crippen LogP contribution in [0.15, 0.2) is 0 Å². The highest BCUT2D eigenvalue weighted by atomic mass is 16.5. The van der Waals surface area contributed by atoms with Crippen LogP contribution in [0.1, 0.15) is 27.2 Å². The normalized spacial score (nSPS) is 12.5. The van der Waals surface area contributed by atoms with Gasteiger partial charge in [-0.15, -0.1) is 12.3 Å². The molecule has 1 unspecified atom stereocenters. The van der Waals surface area contributed by atoms with Crippen molar-refractivity contribution in [3.63, 3.8) is 0 Å². The van der Waals surface area contributed by atoms with E-state index in [1.807, 2.05) is 0 Å². The zero-order chi connectivity index (χ0) is 12.1. The molecular weight excluding hydrogens is 194 g/mol. The Hall–Kier alpha value is -1.50. The Morgan fingerprint density at radius 2 is 2.00 bits per heavy atom. The number of nitrogens with one attached hydrogen (secondary N) is 1. The van der Waals surface area contributed by atoms with Crippen LogP contribution in [-0.2, 0) is 14.3 Å². The minimum atomic E-state index is -0.758. The molecule has 0 spiro atoms. The molecule has 0 aromatic heterocycles. The van der Waals surface area contributed by atoms with E-state index in [0.717, 1.165) is 0 Å². The van der Waals surface area contributed by atoms with Gasteiger partial charge >= 0.3 is 5.97 Å². The second-order valence-corrected chi connectivity index (χ2v) is 4.21. The number of hydrogen-bond acceptors (Lipinski definition) is 3. The summed E-state index contributed by atoms with van der Waals surface area (Å²) < 4.78 is 4.53. The molecule has 0 fully saturated rings. The predicted molar refractivity (Wildman–Crippen MR) is 56.9 cm³/mol. The Morgan fingerprint density at radius 3 is 2.33 bits per heavy atom. The first kappa shape index (κ1) is 13.5. The molecule has 15 heavy (non-hydrogen) atoms. The zero-order valence-corrected chi connectivity index (χ0v) is 9.59. The lowest BCUT2D eigenvalue weighted by Crippen LogP contribution is -2.46. The summed E-state index contributed by atoms with van der Waals surface area (Å²) in [5.74, 6) is 1.57. The monoisotopic (exact) mass is 211 g/mol. The fourth-order valence-electron chi connectivity index (χ4n) is 0.828. The second kappa shape index (κ2) is 5.40. The molecule has 0 saturated carbocycles. The molecule has 0 aliphatic rings. The van der Waals surface area contributed by atoms with Crippen LogP contribution >= 0.6 is 0 Å². The van der Waals surface area contributed by atoms with Crippen molar-refractivity contribution in [2.24, 2.45) is 5.41 Å². The summed E-state index contributed by atoms with van der Waals surface area (Å²) in [4.78, 5) is 22.8. The molecule has 0 aliphatic heterocycles. The van der Waals surface area contributed by atoms with E-state index in [-0.39, 0.29) is 12.3 Å². The number of hydrogen-bond donors (Lipinski definition) is 1. The Balaban J connectivity index is 4.50. The van der Waals surface area contributed by atoms with Crippen LogP contribution in [0.25, 0.3) is 0 Å². The lowest BCUT2D eigenvalue weighted by atomic mass is 9.95. The highest BCUT2D eigenvalue weighted by Crippen LogP contribution is 2.13. The summed E-state index contributed by atoms with van der Waals surface area (Å²) >= 11 is 0. The summed E-state index contributed by atoms with van der Waals surface area (Å²) in [7, 11) is 1.26. The number of esters is 1. The van der Waals surface area contributed by atoms with Crippen LogP contribution in [0.2, 0.25) is 0 Å². The SMILES string of the molecule is C#CCC(NC(=O)C(C)(C)C)C(=O)OC. The van der Waals surface area contributed by atoms with Crippen LogP contribution in [0.3, 0.4) is 0 Å². The molecule has 84 valence electrons. The molecule has 0 aromatic rings. The summed E-state index contributed by atoms with van der Waals surface area (Å²) in [6.07, 6.45) is 5.23. The van der Waals surface area contributed by atoms with E-state index >= 15 is 0 Å². The van der Waals surface area contributed by atoms with Crippen molar-refractivity contribution in [3.05, 3.63) is 0 Å². The highest BCUT2D eigenvalue weighted by Gasteiger charge is 2.27. The van der Waals surface area contributed by atoms with Gasteiger partial charge in [0.1, 0.15) is 6.04 Å². The van der Waals surface area contributed by atoms with Crippen LogP contribution < -0.4 is 5.32 Å². The molecule has 1 atom stereocenters. The lowest BCUT2D eigenvalue weighted by molar-refractivity contribution is -0.146. The largest absolute Gasteiger partial charge is 0.467 e. The number of methoxy groups -OCH3 is 1. The fourth-order valence-corrected chi connectivity index (χ4v) is 0.828. The first-order valence-electron chi connectivity index (χ1n) is 4.65. The Bertz CT molecular complexity index is 283. The molecular formula is C11H17NO3. The van der Waals surface area contributed by atoms with Crippen LogP contribution in [0, 0.1) is 17.8 Å². The number of amides is 1. The average molecular weight is 211 g/mol. The first-order chi connectivity index (χ1) is 6.82. The molecule has 0 bridgehead atoms. The van der Waals surface area contributed by atoms with Gasteiger partial charge in [-0.2, -0.15) is 0 Å². The van der Waals surface area contributed by atoms with Crippen LogP contribution in [0.5, 0.6) is 0 Å². The van der Waals surface area contributed by atoms with Crippen molar-refractivity contribution in [2.45, 2.75) is 33.2 Å². The van der Waals surface area contributed by atoms with Crippen molar-refractivity contribution in [2.75, 3.05) is 7.11 Å². The van der Waals surface area contributed by atoms with Crippen molar-refractivity contribution in [1.82, 2.24) is 5.32 Å². The number of rotatable bonds is 3. The first-order valence-corrected chi connectivity index (χ1v) is 4.65. The van der Waals surface area contributed by atoms with E-state index in [0.29, 0.717) is 0 Å². The van der Waals surface area contributed by atoms with E-state index in [9.17, 15) is 9.59 Å². The van der Waals surface area contributed by atoms with Gasteiger partial charge in [0.15, 0.2) is 0 Å². The minimum absolute atomic E-state index is 0.133. The third kappa shape index (κ3) is 4.50. The van der Waals surface area contributed by atoms with E-state index in [1.54, 1.807) is 20.8 Å². The second-order valence-electron chi connectivity index (χ2n) is 4.21. The molecule has 1 N–H and O–H groups in total. The summed E-state index contributed by atoms with van der Waals surface area (Å²) in [6.45, 7) is 5.27. The predicted octanol–water partition coefficient (Wildman–Crippen LogP) is 0.714. The summed E-state index contributed by atoms with van der Waals surface area (Å²) in [5.41, 5.74) is -0.555. The van der Waals surface area contributed by atoms with Gasteiger partial charge in [-0.1, -0.05) is 20.8 Å². The Kier molecular flexibility index (Phi) is 4.86. The topological polar surface area (TPSA) is 55.4 Å². The maximum Gasteiger partial charge on any atom is 0.329 e. The van der Waals surface area contributed by atoms with Crippen LogP contribution in [0.4, 0.5) is 0 Å². The average Bonchev–Trinajstić information content (AvgIpc) is 2.14. The van der Waals surface area contributed by atoms with E-state index in [4.69, 9.17) is 6.42 Å². The molecule has 0 aliphatic carbocycles. The van der Waals surface area contributed by atoms with E-state index in [1.165, 1.54) is 7.11 Å². The van der Waals surface area contributed by atoms with Gasteiger partial charge in [-0.3, -0.25) is 4.79 Å². The molecule has 0 rings (SSSR count). The highest BCUT2D eigenvalue weighted by molar-refractivity contribution is 5.87. The molecule has 1 amide bonds. The number of carbonyl (C=O) groups is 2. The summed E-state index contributed by atoms with van der Waals surface area (Å²) in [5, 5.41) is 2.55. The van der Waals surface area contributed by atoms with Gasteiger partial charge in [0.25, 0.3) is 0 Å². The van der Waals surface area contributed by atoms with Gasteiger partial charge < -0.3 is 10.1 Å². The molecule has 0 heterocycles. The number of carbonyl (C=O) groups excluding carboxylic acids is 2. The standard InChI is InChI=1S/C11H17NO3/c1-6-7-8(9(13)15-5)12-10(14)11(2,3)4/h1,8H,7H2,2-5H3,(H,12,14). The van der Waals surface area contributed by atoms with Crippen molar-refractivity contribution >= 4 is 11.9 Å². The van der Waals surface area contributed by atoms with Gasteiger partial charge in [-0.25, -0.2) is 4.79 Å². The molecule has 0 radical (unpaired) electrons. The van der Waals surface area contributed by atoms with Gasteiger partial charge in [-0.05, 0) is 0 Å².